The zero-order valence-electron chi connectivity index (χ0n) is 11.9. The fourth-order valence-corrected chi connectivity index (χ4v) is 4.31. The van der Waals surface area contributed by atoms with E-state index in [4.69, 9.17) is 9.05 Å². The molecule has 0 aliphatic rings. The Kier molecular flexibility index (Phi) is 6.02. The van der Waals surface area contributed by atoms with E-state index in [1.54, 1.807) is 44.2 Å². The highest BCUT2D eigenvalue weighted by atomic mass is 31.2. The third kappa shape index (κ3) is 3.73. The van der Waals surface area contributed by atoms with Crippen molar-refractivity contribution in [3.05, 3.63) is 40.8 Å². The van der Waals surface area contributed by atoms with E-state index in [-0.39, 0.29) is 13.2 Å². The van der Waals surface area contributed by atoms with Gasteiger partial charge in [0.1, 0.15) is 5.66 Å². The summed E-state index contributed by atoms with van der Waals surface area (Å²) in [5, 5.41) is 12.9. The van der Waals surface area contributed by atoms with Crippen LogP contribution in [-0.2, 0) is 13.6 Å². The van der Waals surface area contributed by atoms with E-state index in [0.717, 1.165) is 0 Å². The molecule has 6 nitrogen and oxygen atoms in total. The molecule has 1 aromatic carbocycles. The summed E-state index contributed by atoms with van der Waals surface area (Å²) in [5.74, 6) is 0. The molecule has 1 N–H and O–H groups in total. The minimum absolute atomic E-state index is 0.134. The molecule has 0 aliphatic carbocycles. The maximum absolute atomic E-state index is 12.9. The molecule has 0 fully saturated rings. The highest BCUT2D eigenvalue weighted by Crippen LogP contribution is 2.64. The first kappa shape index (κ1) is 17.0. The highest BCUT2D eigenvalue weighted by Gasteiger charge is 2.50. The molecule has 1 rings (SSSR count). The molecular weight excluding hydrogens is 281 g/mol. The van der Waals surface area contributed by atoms with Crippen molar-refractivity contribution >= 4 is 7.60 Å². The van der Waals surface area contributed by atoms with Crippen LogP contribution in [0.15, 0.2) is 35.5 Å². The van der Waals surface area contributed by atoms with Crippen molar-refractivity contribution in [2.45, 2.75) is 32.2 Å². The van der Waals surface area contributed by atoms with Gasteiger partial charge in [-0.1, -0.05) is 30.3 Å². The summed E-state index contributed by atoms with van der Waals surface area (Å²) in [7, 11) is -3.73. The standard InChI is InChI=1S/C13H20NO5P/c1-4-18-20(17,19-5-2)12(13(3,15)14-16)11-9-7-6-8-10-11/h6-10,12,15H,4-5H2,1-3H3. The number of hydrogen-bond donors (Lipinski definition) is 1. The highest BCUT2D eigenvalue weighted by molar-refractivity contribution is 7.54. The van der Waals surface area contributed by atoms with Gasteiger partial charge in [0.15, 0.2) is 0 Å². The first-order chi connectivity index (χ1) is 9.41. The average molecular weight is 301 g/mol. The van der Waals surface area contributed by atoms with Gasteiger partial charge in [-0.05, 0) is 31.5 Å². The van der Waals surface area contributed by atoms with E-state index in [2.05, 4.69) is 5.18 Å². The summed E-state index contributed by atoms with van der Waals surface area (Å²) in [5.41, 5.74) is -2.79. The largest absolute Gasteiger partial charge is 0.366 e. The SMILES string of the molecule is CCOP(=O)(OCC)C(c1ccccc1)C(C)(O)N=O. The first-order valence-electron chi connectivity index (χ1n) is 6.42. The summed E-state index contributed by atoms with van der Waals surface area (Å²) < 4.78 is 23.4. The lowest BCUT2D eigenvalue weighted by Crippen LogP contribution is -2.31. The molecule has 0 heterocycles. The van der Waals surface area contributed by atoms with Crippen molar-refractivity contribution in [3.63, 3.8) is 0 Å². The Hall–Kier alpha value is -1.07. The van der Waals surface area contributed by atoms with Crippen LogP contribution < -0.4 is 0 Å². The van der Waals surface area contributed by atoms with Gasteiger partial charge in [0.25, 0.3) is 0 Å². The van der Waals surface area contributed by atoms with E-state index in [1.807, 2.05) is 0 Å². The topological polar surface area (TPSA) is 85.2 Å². The van der Waals surface area contributed by atoms with E-state index >= 15 is 0 Å². The number of rotatable bonds is 8. The number of hydrogen-bond acceptors (Lipinski definition) is 6. The third-order valence-corrected chi connectivity index (χ3v) is 5.41. The van der Waals surface area contributed by atoms with Gasteiger partial charge in [0.05, 0.1) is 13.2 Å². The van der Waals surface area contributed by atoms with Gasteiger partial charge in [0, 0.05) is 0 Å². The van der Waals surface area contributed by atoms with Gasteiger partial charge in [-0.3, -0.25) is 4.57 Å². The molecule has 0 saturated carbocycles. The molecule has 2 atom stereocenters. The van der Waals surface area contributed by atoms with Gasteiger partial charge in [0.2, 0.25) is 5.72 Å². The Morgan fingerprint density at radius 2 is 1.75 bits per heavy atom. The van der Waals surface area contributed by atoms with Crippen LogP contribution in [0.5, 0.6) is 0 Å². The summed E-state index contributed by atoms with van der Waals surface area (Å²) in [6.45, 7) is 4.79. The molecule has 20 heavy (non-hydrogen) atoms. The van der Waals surface area contributed by atoms with Gasteiger partial charge in [-0.15, -0.1) is 4.91 Å². The minimum Gasteiger partial charge on any atom is -0.366 e. The van der Waals surface area contributed by atoms with Crippen molar-refractivity contribution in [1.29, 1.82) is 0 Å². The van der Waals surface area contributed by atoms with Crippen LogP contribution in [0.25, 0.3) is 0 Å². The molecule has 1 aromatic rings. The lowest BCUT2D eigenvalue weighted by Gasteiger charge is -2.32. The van der Waals surface area contributed by atoms with Crippen LogP contribution in [0.4, 0.5) is 0 Å². The van der Waals surface area contributed by atoms with Crippen LogP contribution in [0.1, 0.15) is 32.0 Å². The molecule has 0 aromatic heterocycles. The number of benzene rings is 1. The Labute approximate surface area is 118 Å². The van der Waals surface area contributed by atoms with E-state index in [0.29, 0.717) is 5.56 Å². The molecular formula is C13H20NO5P. The molecule has 0 amide bonds. The second kappa shape index (κ2) is 7.09. The smallest absolute Gasteiger partial charge is 0.343 e. The van der Waals surface area contributed by atoms with Gasteiger partial charge in [-0.2, -0.15) is 0 Å². The molecule has 2 unspecified atom stereocenters. The van der Waals surface area contributed by atoms with Gasteiger partial charge >= 0.3 is 7.60 Å². The third-order valence-electron chi connectivity index (χ3n) is 2.75. The normalized spacial score (nSPS) is 16.4. The number of nitrogens with zero attached hydrogens (tertiary/aromatic N) is 1. The molecule has 0 aliphatic heterocycles. The molecule has 0 radical (unpaired) electrons. The molecule has 112 valence electrons. The predicted octanol–water partition coefficient (Wildman–Crippen LogP) is 3.47. The monoisotopic (exact) mass is 301 g/mol. The first-order valence-corrected chi connectivity index (χ1v) is 8.03. The van der Waals surface area contributed by atoms with E-state index in [9.17, 15) is 14.6 Å². The summed E-state index contributed by atoms with van der Waals surface area (Å²) in [6.07, 6.45) is 0. The van der Waals surface area contributed by atoms with Gasteiger partial charge < -0.3 is 14.2 Å². The number of aliphatic hydroxyl groups is 1. The maximum Gasteiger partial charge on any atom is 0.343 e. The summed E-state index contributed by atoms with van der Waals surface area (Å²) in [4.78, 5) is 11.0. The predicted molar refractivity (Wildman–Crippen MR) is 76.5 cm³/mol. The van der Waals surface area contributed by atoms with Crippen LogP contribution in [0.2, 0.25) is 0 Å². The zero-order valence-corrected chi connectivity index (χ0v) is 12.7. The Balaban J connectivity index is 3.36. The Morgan fingerprint density at radius 1 is 1.25 bits per heavy atom. The fourth-order valence-electron chi connectivity index (χ4n) is 2.03. The summed E-state index contributed by atoms with van der Waals surface area (Å²) in [6, 6.07) is 8.50. The zero-order chi connectivity index (χ0) is 15.2. The minimum atomic E-state index is -3.73. The van der Waals surface area contributed by atoms with Gasteiger partial charge in [-0.25, -0.2) is 0 Å². The van der Waals surface area contributed by atoms with E-state index in [1.165, 1.54) is 6.92 Å². The maximum atomic E-state index is 12.9. The second-order valence-electron chi connectivity index (χ2n) is 4.37. The number of nitroso groups, excluding NO2 is 1. The van der Waals surface area contributed by atoms with Crippen molar-refractivity contribution in [2.75, 3.05) is 13.2 Å². The fraction of sp³-hybridized carbons (Fsp3) is 0.538. The molecule has 0 bridgehead atoms. The Bertz CT molecular complexity index is 467. The lowest BCUT2D eigenvalue weighted by atomic mass is 10.0. The molecule has 0 saturated heterocycles. The van der Waals surface area contributed by atoms with Crippen LogP contribution in [0.3, 0.4) is 0 Å². The lowest BCUT2D eigenvalue weighted by molar-refractivity contribution is 0.0485. The molecule has 0 spiro atoms. The summed E-state index contributed by atoms with van der Waals surface area (Å²) >= 11 is 0. The van der Waals surface area contributed by atoms with Crippen LogP contribution in [0, 0.1) is 4.91 Å². The Morgan fingerprint density at radius 3 is 2.15 bits per heavy atom. The molecule has 7 heteroatoms. The van der Waals surface area contributed by atoms with Crippen molar-refractivity contribution in [1.82, 2.24) is 0 Å². The van der Waals surface area contributed by atoms with Crippen LogP contribution >= 0.6 is 7.60 Å². The van der Waals surface area contributed by atoms with Crippen molar-refractivity contribution in [3.8, 4) is 0 Å². The van der Waals surface area contributed by atoms with Crippen LogP contribution in [-0.4, -0.2) is 24.0 Å². The van der Waals surface area contributed by atoms with Crippen molar-refractivity contribution in [2.24, 2.45) is 5.18 Å². The van der Waals surface area contributed by atoms with Crippen molar-refractivity contribution < 1.29 is 18.7 Å². The average Bonchev–Trinajstić information content (AvgIpc) is 2.40. The quantitative estimate of drug-likeness (QED) is 0.587. The van der Waals surface area contributed by atoms with E-state index < -0.39 is 19.0 Å². The second-order valence-corrected chi connectivity index (χ2v) is 6.49.